The molecule has 1 aliphatic rings. The van der Waals surface area contributed by atoms with E-state index in [1.807, 2.05) is 5.32 Å². The lowest BCUT2D eigenvalue weighted by Gasteiger charge is -2.45. The number of halogens is 1. The van der Waals surface area contributed by atoms with Crippen LogP contribution in [-0.2, 0) is 4.79 Å². The Morgan fingerprint density at radius 1 is 1.57 bits per heavy atom. The number of carboxylic acid groups (broad SMARTS) is 1. The topological polar surface area (TPSA) is 113 Å². The van der Waals surface area contributed by atoms with Crippen LogP contribution < -0.4 is 11.1 Å². The average Bonchev–Trinajstić information content (AvgIpc) is 1.98. The molecule has 1 aliphatic carbocycles. The van der Waals surface area contributed by atoms with Crippen molar-refractivity contribution in [3.63, 3.8) is 0 Å². The summed E-state index contributed by atoms with van der Waals surface area (Å²) in [6, 6.07) is 0. The summed E-state index contributed by atoms with van der Waals surface area (Å²) in [5.74, 6) is -1.06. The predicted molar refractivity (Wildman–Crippen MR) is 43.2 cm³/mol. The van der Waals surface area contributed by atoms with Crippen molar-refractivity contribution < 1.29 is 24.2 Å². The SMILES string of the molecule is NC(=O)[C@H](O)[C@]1(NC(=O)O)C[C@H](F)C1. The molecule has 5 N–H and O–H groups in total. The van der Waals surface area contributed by atoms with E-state index >= 15 is 0 Å². The minimum absolute atomic E-state index is 0.233. The van der Waals surface area contributed by atoms with Crippen LogP contribution in [-0.4, -0.2) is 40.0 Å². The van der Waals surface area contributed by atoms with Crippen molar-refractivity contribution >= 4 is 12.0 Å². The molecule has 0 aromatic carbocycles. The summed E-state index contributed by atoms with van der Waals surface area (Å²) >= 11 is 0. The van der Waals surface area contributed by atoms with Gasteiger partial charge in [-0.15, -0.1) is 0 Å². The monoisotopic (exact) mass is 206 g/mol. The standard InChI is InChI=1S/C7H11FN2O4/c8-3-1-7(2-3,10-6(13)14)4(11)5(9)12/h3-4,10-11H,1-2H2,(H2,9,12)(H,13,14)/t3-,4-,7-/m0/s1. The predicted octanol–water partition coefficient (Wildman–Crippen LogP) is -1.03. The average molecular weight is 206 g/mol. The van der Waals surface area contributed by atoms with Crippen molar-refractivity contribution in [3.05, 3.63) is 0 Å². The van der Waals surface area contributed by atoms with Crippen molar-refractivity contribution in [3.8, 4) is 0 Å². The summed E-state index contributed by atoms with van der Waals surface area (Å²) in [4.78, 5) is 21.0. The van der Waals surface area contributed by atoms with Gasteiger partial charge in [0.1, 0.15) is 6.17 Å². The van der Waals surface area contributed by atoms with Gasteiger partial charge in [-0.2, -0.15) is 0 Å². The first-order valence-electron chi connectivity index (χ1n) is 4.00. The zero-order valence-corrected chi connectivity index (χ0v) is 7.24. The summed E-state index contributed by atoms with van der Waals surface area (Å²) in [6.07, 6.45) is -4.79. The number of aliphatic hydroxyl groups excluding tert-OH is 1. The lowest BCUT2D eigenvalue weighted by atomic mass is 9.71. The molecular formula is C7H11FN2O4. The molecule has 1 fully saturated rings. The van der Waals surface area contributed by atoms with Gasteiger partial charge >= 0.3 is 6.09 Å². The number of nitrogens with one attached hydrogen (secondary N) is 1. The highest BCUT2D eigenvalue weighted by molar-refractivity contribution is 5.81. The normalized spacial score (nSPS) is 32.9. The molecule has 0 bridgehead atoms. The maximum atomic E-state index is 12.6. The fourth-order valence-corrected chi connectivity index (χ4v) is 1.61. The summed E-state index contributed by atoms with van der Waals surface area (Å²) in [6.45, 7) is 0. The zero-order chi connectivity index (χ0) is 10.9. The molecule has 1 atom stereocenters. The lowest BCUT2D eigenvalue weighted by Crippen LogP contribution is -2.67. The van der Waals surface area contributed by atoms with Crippen LogP contribution in [0.1, 0.15) is 12.8 Å². The molecule has 14 heavy (non-hydrogen) atoms. The summed E-state index contributed by atoms with van der Waals surface area (Å²) in [5.41, 5.74) is 3.36. The zero-order valence-electron chi connectivity index (χ0n) is 7.24. The number of carbonyl (C=O) groups excluding carboxylic acids is 1. The molecule has 2 amide bonds. The Kier molecular flexibility index (Phi) is 2.61. The third kappa shape index (κ3) is 1.77. The van der Waals surface area contributed by atoms with Gasteiger partial charge in [0.05, 0.1) is 5.54 Å². The Morgan fingerprint density at radius 3 is 2.36 bits per heavy atom. The molecule has 0 aromatic heterocycles. The molecule has 1 rings (SSSR count). The minimum atomic E-state index is -1.69. The quantitative estimate of drug-likeness (QED) is 0.473. The second-order valence-corrected chi connectivity index (χ2v) is 3.40. The van der Waals surface area contributed by atoms with E-state index in [1.165, 1.54) is 0 Å². The van der Waals surface area contributed by atoms with E-state index in [0.717, 1.165) is 0 Å². The van der Waals surface area contributed by atoms with Crippen molar-refractivity contribution in [2.75, 3.05) is 0 Å². The van der Waals surface area contributed by atoms with Crippen LogP contribution >= 0.6 is 0 Å². The van der Waals surface area contributed by atoms with Crippen LogP contribution in [0.2, 0.25) is 0 Å². The van der Waals surface area contributed by atoms with Gasteiger partial charge < -0.3 is 21.3 Å². The second kappa shape index (κ2) is 3.41. The van der Waals surface area contributed by atoms with Crippen molar-refractivity contribution in [1.29, 1.82) is 0 Å². The number of primary amides is 1. The van der Waals surface area contributed by atoms with Gasteiger partial charge in [0, 0.05) is 12.8 Å². The first kappa shape index (κ1) is 10.7. The third-order valence-corrected chi connectivity index (χ3v) is 2.32. The fourth-order valence-electron chi connectivity index (χ4n) is 1.61. The molecule has 0 radical (unpaired) electrons. The molecule has 0 heterocycles. The highest BCUT2D eigenvalue weighted by atomic mass is 19.1. The van der Waals surface area contributed by atoms with E-state index in [9.17, 15) is 19.1 Å². The van der Waals surface area contributed by atoms with Gasteiger partial charge in [-0.1, -0.05) is 0 Å². The van der Waals surface area contributed by atoms with E-state index in [2.05, 4.69) is 0 Å². The highest BCUT2D eigenvalue weighted by Crippen LogP contribution is 2.37. The molecule has 1 saturated carbocycles. The molecular weight excluding hydrogens is 195 g/mol. The Morgan fingerprint density at radius 2 is 2.07 bits per heavy atom. The number of carbonyl (C=O) groups is 2. The Bertz CT molecular complexity index is 264. The van der Waals surface area contributed by atoms with Crippen LogP contribution in [0.5, 0.6) is 0 Å². The molecule has 6 nitrogen and oxygen atoms in total. The molecule has 0 aliphatic heterocycles. The largest absolute Gasteiger partial charge is 0.465 e. The lowest BCUT2D eigenvalue weighted by molar-refractivity contribution is -0.135. The smallest absolute Gasteiger partial charge is 0.405 e. The van der Waals surface area contributed by atoms with E-state index < -0.39 is 29.8 Å². The maximum Gasteiger partial charge on any atom is 0.405 e. The van der Waals surface area contributed by atoms with Gasteiger partial charge in [0.25, 0.3) is 0 Å². The van der Waals surface area contributed by atoms with E-state index in [4.69, 9.17) is 10.8 Å². The van der Waals surface area contributed by atoms with E-state index in [-0.39, 0.29) is 12.8 Å². The summed E-state index contributed by atoms with van der Waals surface area (Å²) in [5, 5.41) is 19.7. The third-order valence-electron chi connectivity index (χ3n) is 2.32. The number of hydrogen-bond acceptors (Lipinski definition) is 3. The first-order valence-corrected chi connectivity index (χ1v) is 4.00. The first-order chi connectivity index (χ1) is 6.37. The second-order valence-electron chi connectivity index (χ2n) is 3.40. The van der Waals surface area contributed by atoms with Crippen LogP contribution in [0.4, 0.5) is 9.18 Å². The summed E-state index contributed by atoms with van der Waals surface area (Å²) < 4.78 is 12.6. The molecule has 80 valence electrons. The molecule has 7 heteroatoms. The highest BCUT2D eigenvalue weighted by Gasteiger charge is 2.53. The van der Waals surface area contributed by atoms with Crippen LogP contribution in [0.3, 0.4) is 0 Å². The molecule has 0 unspecified atom stereocenters. The van der Waals surface area contributed by atoms with Gasteiger partial charge in [-0.3, -0.25) is 4.79 Å². The van der Waals surface area contributed by atoms with Crippen molar-refractivity contribution in [2.24, 2.45) is 5.73 Å². The van der Waals surface area contributed by atoms with Crippen molar-refractivity contribution in [2.45, 2.75) is 30.7 Å². The maximum absolute atomic E-state index is 12.6. The number of rotatable bonds is 3. The fraction of sp³-hybridized carbons (Fsp3) is 0.714. The van der Waals surface area contributed by atoms with Gasteiger partial charge in [0.15, 0.2) is 6.10 Å². The Balaban J connectivity index is 2.73. The number of nitrogens with two attached hydrogens (primary N) is 1. The van der Waals surface area contributed by atoms with E-state index in [0.29, 0.717) is 0 Å². The molecule has 0 aromatic rings. The van der Waals surface area contributed by atoms with Gasteiger partial charge in [0.2, 0.25) is 5.91 Å². The Hall–Kier alpha value is -1.37. The van der Waals surface area contributed by atoms with Gasteiger partial charge in [-0.25, -0.2) is 9.18 Å². The number of alkyl halides is 1. The molecule has 0 saturated heterocycles. The number of aliphatic hydroxyl groups is 1. The number of hydrogen-bond donors (Lipinski definition) is 4. The summed E-state index contributed by atoms with van der Waals surface area (Å²) in [7, 11) is 0. The van der Waals surface area contributed by atoms with Crippen LogP contribution in [0.25, 0.3) is 0 Å². The Labute approximate surface area is 78.9 Å². The van der Waals surface area contributed by atoms with Crippen LogP contribution in [0.15, 0.2) is 0 Å². The number of amides is 2. The van der Waals surface area contributed by atoms with Gasteiger partial charge in [-0.05, 0) is 0 Å². The molecule has 0 spiro atoms. The minimum Gasteiger partial charge on any atom is -0.465 e. The van der Waals surface area contributed by atoms with E-state index in [1.54, 1.807) is 0 Å². The van der Waals surface area contributed by atoms with Crippen LogP contribution in [0, 0.1) is 0 Å². The van der Waals surface area contributed by atoms with Crippen molar-refractivity contribution in [1.82, 2.24) is 5.32 Å².